The number of rotatable bonds is 7. The predicted octanol–water partition coefficient (Wildman–Crippen LogP) is 4.51. The maximum Gasteiger partial charge on any atom is 0.213 e. The lowest BCUT2D eigenvalue weighted by molar-refractivity contribution is 0.103. The van der Waals surface area contributed by atoms with Gasteiger partial charge < -0.3 is 5.32 Å². The third-order valence-electron chi connectivity index (χ3n) is 3.74. The Hall–Kier alpha value is -2.53. The molecule has 4 nitrogen and oxygen atoms in total. The van der Waals surface area contributed by atoms with Crippen molar-refractivity contribution in [1.82, 2.24) is 9.97 Å². The number of hydrogen-bond donors (Lipinski definition) is 1. The summed E-state index contributed by atoms with van der Waals surface area (Å²) >= 11 is 3.33. The van der Waals surface area contributed by atoms with Gasteiger partial charge in [-0.15, -0.1) is 0 Å². The molecule has 0 spiro atoms. The van der Waals surface area contributed by atoms with E-state index < -0.39 is 0 Å². The average molecular weight is 396 g/mol. The summed E-state index contributed by atoms with van der Waals surface area (Å²) in [7, 11) is 0. The van der Waals surface area contributed by atoms with Gasteiger partial charge in [0.15, 0.2) is 0 Å². The van der Waals surface area contributed by atoms with Crippen molar-refractivity contribution in [3.05, 3.63) is 88.3 Å². The van der Waals surface area contributed by atoms with Gasteiger partial charge in [0.25, 0.3) is 0 Å². The molecule has 2 heterocycles. The van der Waals surface area contributed by atoms with E-state index in [-0.39, 0.29) is 5.78 Å². The normalized spacial score (nSPS) is 10.4. The highest BCUT2D eigenvalue weighted by atomic mass is 79.9. The monoisotopic (exact) mass is 395 g/mol. The second kappa shape index (κ2) is 8.53. The molecule has 0 aliphatic rings. The highest BCUT2D eigenvalue weighted by molar-refractivity contribution is 9.10. The molecule has 0 aliphatic carbocycles. The van der Waals surface area contributed by atoms with Crippen LogP contribution in [0.25, 0.3) is 0 Å². The predicted molar refractivity (Wildman–Crippen MR) is 103 cm³/mol. The number of hydrogen-bond acceptors (Lipinski definition) is 4. The number of anilines is 1. The molecule has 0 atom stereocenters. The van der Waals surface area contributed by atoms with E-state index in [0.29, 0.717) is 17.1 Å². The van der Waals surface area contributed by atoms with Crippen LogP contribution in [0.5, 0.6) is 0 Å². The van der Waals surface area contributed by atoms with Gasteiger partial charge in [0, 0.05) is 29.0 Å². The van der Waals surface area contributed by atoms with Gasteiger partial charge in [-0.25, -0.2) is 4.98 Å². The summed E-state index contributed by atoms with van der Waals surface area (Å²) in [6, 6.07) is 17.6. The van der Waals surface area contributed by atoms with E-state index in [1.165, 1.54) is 5.56 Å². The molecular formula is C20H18BrN3O. The fourth-order valence-electron chi connectivity index (χ4n) is 2.50. The summed E-state index contributed by atoms with van der Waals surface area (Å²) < 4.78 is 0.772. The number of carbonyl (C=O) groups excluding carboxylic acids is 1. The molecular weight excluding hydrogens is 378 g/mol. The lowest BCUT2D eigenvalue weighted by Gasteiger charge is -2.07. The highest BCUT2D eigenvalue weighted by Crippen LogP contribution is 2.14. The van der Waals surface area contributed by atoms with E-state index in [1.54, 1.807) is 24.5 Å². The number of nitrogens with one attached hydrogen (secondary N) is 1. The number of nitrogens with zero attached hydrogens (tertiary/aromatic N) is 2. The largest absolute Gasteiger partial charge is 0.370 e. The Morgan fingerprint density at radius 1 is 1.04 bits per heavy atom. The van der Waals surface area contributed by atoms with Crippen molar-refractivity contribution in [2.75, 3.05) is 11.9 Å². The molecule has 1 N–H and O–H groups in total. The summed E-state index contributed by atoms with van der Waals surface area (Å²) in [5.74, 6) is 0.573. The quantitative estimate of drug-likeness (QED) is 0.472. The van der Waals surface area contributed by atoms with Gasteiger partial charge in [-0.1, -0.05) is 36.4 Å². The lowest BCUT2D eigenvalue weighted by atomic mass is 10.1. The van der Waals surface area contributed by atoms with Crippen LogP contribution in [0.4, 0.5) is 5.82 Å². The van der Waals surface area contributed by atoms with Crippen molar-refractivity contribution >= 4 is 27.5 Å². The van der Waals surface area contributed by atoms with Crippen molar-refractivity contribution in [2.24, 2.45) is 0 Å². The van der Waals surface area contributed by atoms with Gasteiger partial charge >= 0.3 is 0 Å². The molecule has 25 heavy (non-hydrogen) atoms. The van der Waals surface area contributed by atoms with Gasteiger partial charge in [0.2, 0.25) is 5.78 Å². The van der Waals surface area contributed by atoms with E-state index in [1.807, 2.05) is 18.2 Å². The van der Waals surface area contributed by atoms with Crippen molar-refractivity contribution < 1.29 is 4.79 Å². The lowest BCUT2D eigenvalue weighted by Crippen LogP contribution is -2.09. The maximum atomic E-state index is 12.5. The fourth-order valence-corrected chi connectivity index (χ4v) is 2.86. The molecule has 0 saturated carbocycles. The number of benzene rings is 1. The second-order valence-corrected chi connectivity index (χ2v) is 6.56. The number of aromatic nitrogens is 2. The number of carbonyl (C=O) groups is 1. The standard InChI is InChI=1S/C20H18BrN3O/c21-17-12-16(13-22-14-17)20(25)18-9-4-10-19(24-18)23-11-5-8-15-6-2-1-3-7-15/h1-4,6-7,9-10,12-14H,5,8,11H2,(H,23,24). The SMILES string of the molecule is O=C(c1cncc(Br)c1)c1cccc(NCCCc2ccccc2)n1. The average Bonchev–Trinajstić information content (AvgIpc) is 2.66. The van der Waals surface area contributed by atoms with Gasteiger partial charge in [0.1, 0.15) is 11.5 Å². The Balaban J connectivity index is 1.59. The Labute approximate surface area is 155 Å². The van der Waals surface area contributed by atoms with Crippen molar-refractivity contribution in [2.45, 2.75) is 12.8 Å². The number of ketones is 1. The van der Waals surface area contributed by atoms with Gasteiger partial charge in [-0.3, -0.25) is 9.78 Å². The summed E-state index contributed by atoms with van der Waals surface area (Å²) in [5.41, 5.74) is 2.25. The van der Waals surface area contributed by atoms with Crippen LogP contribution < -0.4 is 5.32 Å². The van der Waals surface area contributed by atoms with E-state index in [9.17, 15) is 4.79 Å². The first kappa shape index (κ1) is 17.3. The van der Waals surface area contributed by atoms with Crippen LogP contribution in [0.15, 0.2) is 71.5 Å². The van der Waals surface area contributed by atoms with Crippen LogP contribution in [0, 0.1) is 0 Å². The summed E-state index contributed by atoms with van der Waals surface area (Å²) in [5, 5.41) is 3.28. The third-order valence-corrected chi connectivity index (χ3v) is 4.17. The minimum atomic E-state index is -0.137. The topological polar surface area (TPSA) is 54.9 Å². The van der Waals surface area contributed by atoms with Crippen LogP contribution in [-0.2, 0) is 6.42 Å². The molecule has 2 aromatic heterocycles. The van der Waals surface area contributed by atoms with E-state index in [4.69, 9.17) is 0 Å². The number of aryl methyl sites for hydroxylation is 1. The smallest absolute Gasteiger partial charge is 0.213 e. The molecule has 0 fully saturated rings. The Morgan fingerprint density at radius 2 is 1.88 bits per heavy atom. The van der Waals surface area contributed by atoms with Crippen molar-refractivity contribution in [3.63, 3.8) is 0 Å². The summed E-state index contributed by atoms with van der Waals surface area (Å²) in [6.07, 6.45) is 5.21. The number of halogens is 1. The van der Waals surface area contributed by atoms with Crippen molar-refractivity contribution in [3.8, 4) is 0 Å². The number of pyridine rings is 2. The van der Waals surface area contributed by atoms with Gasteiger partial charge in [0.05, 0.1) is 0 Å². The molecule has 0 bridgehead atoms. The van der Waals surface area contributed by atoms with E-state index in [2.05, 4.69) is 55.5 Å². The molecule has 3 aromatic rings. The minimum Gasteiger partial charge on any atom is -0.370 e. The molecule has 0 radical (unpaired) electrons. The molecule has 3 rings (SSSR count). The molecule has 126 valence electrons. The van der Waals surface area contributed by atoms with E-state index >= 15 is 0 Å². The molecule has 1 aromatic carbocycles. The van der Waals surface area contributed by atoms with Gasteiger partial charge in [-0.2, -0.15) is 0 Å². The molecule has 0 amide bonds. The first-order chi connectivity index (χ1) is 12.2. The van der Waals surface area contributed by atoms with E-state index in [0.717, 1.165) is 23.9 Å². The van der Waals surface area contributed by atoms with Gasteiger partial charge in [-0.05, 0) is 52.5 Å². The zero-order valence-corrected chi connectivity index (χ0v) is 15.2. The minimum absolute atomic E-state index is 0.137. The molecule has 0 unspecified atom stereocenters. The van der Waals surface area contributed by atoms with Crippen LogP contribution in [0.2, 0.25) is 0 Å². The Morgan fingerprint density at radius 3 is 2.68 bits per heavy atom. The summed E-state index contributed by atoms with van der Waals surface area (Å²) in [4.78, 5) is 21.0. The van der Waals surface area contributed by atoms with Crippen LogP contribution in [0.1, 0.15) is 28.0 Å². The maximum absolute atomic E-state index is 12.5. The van der Waals surface area contributed by atoms with Crippen LogP contribution in [0.3, 0.4) is 0 Å². The second-order valence-electron chi connectivity index (χ2n) is 5.64. The van der Waals surface area contributed by atoms with Crippen molar-refractivity contribution in [1.29, 1.82) is 0 Å². The zero-order valence-electron chi connectivity index (χ0n) is 13.7. The van der Waals surface area contributed by atoms with Crippen LogP contribution in [-0.4, -0.2) is 22.3 Å². The third kappa shape index (κ3) is 4.97. The first-order valence-corrected chi connectivity index (χ1v) is 8.92. The molecule has 5 heteroatoms. The molecule has 0 saturated heterocycles. The highest BCUT2D eigenvalue weighted by Gasteiger charge is 2.12. The molecule has 0 aliphatic heterocycles. The Kier molecular flexibility index (Phi) is 5.90. The Bertz CT molecular complexity index is 852. The zero-order chi connectivity index (χ0) is 17.5. The first-order valence-electron chi connectivity index (χ1n) is 8.12. The van der Waals surface area contributed by atoms with Crippen LogP contribution >= 0.6 is 15.9 Å². The summed E-state index contributed by atoms with van der Waals surface area (Å²) in [6.45, 7) is 0.804. The fraction of sp³-hybridized carbons (Fsp3) is 0.150.